The van der Waals surface area contributed by atoms with Crippen LogP contribution in [-0.4, -0.2) is 11.6 Å². The van der Waals surface area contributed by atoms with Gasteiger partial charge < -0.3 is 0 Å². The number of halogens is 1. The summed E-state index contributed by atoms with van der Waals surface area (Å²) in [6, 6.07) is 7.85. The van der Waals surface area contributed by atoms with E-state index < -0.39 is 0 Å². The SMILES string of the molecule is O=C(NN=C1C2CC3CC(C2)CC1C3)c1sc2ccccc2c1Cl. The minimum absolute atomic E-state index is 0.178. The van der Waals surface area contributed by atoms with E-state index in [2.05, 4.69) is 10.5 Å². The summed E-state index contributed by atoms with van der Waals surface area (Å²) in [5.74, 6) is 2.82. The quantitative estimate of drug-likeness (QED) is 0.746. The number of hydrogen-bond donors (Lipinski definition) is 1. The summed E-state index contributed by atoms with van der Waals surface area (Å²) < 4.78 is 1.04. The average molecular weight is 359 g/mol. The highest BCUT2D eigenvalue weighted by molar-refractivity contribution is 7.21. The van der Waals surface area contributed by atoms with Gasteiger partial charge in [0.05, 0.1) is 5.02 Å². The number of thiophene rings is 1. The van der Waals surface area contributed by atoms with Crippen molar-refractivity contribution in [3.8, 4) is 0 Å². The molecule has 4 aliphatic rings. The van der Waals surface area contributed by atoms with Crippen LogP contribution in [0.1, 0.15) is 41.8 Å². The molecule has 1 aromatic heterocycles. The van der Waals surface area contributed by atoms with E-state index >= 15 is 0 Å². The third-order valence-electron chi connectivity index (χ3n) is 6.00. The van der Waals surface area contributed by atoms with Crippen LogP contribution in [0.25, 0.3) is 10.1 Å². The molecule has 0 saturated heterocycles. The van der Waals surface area contributed by atoms with Gasteiger partial charge in [-0.1, -0.05) is 29.8 Å². The van der Waals surface area contributed by atoms with E-state index in [-0.39, 0.29) is 5.91 Å². The van der Waals surface area contributed by atoms with E-state index in [1.807, 2.05) is 24.3 Å². The monoisotopic (exact) mass is 358 g/mol. The summed E-state index contributed by atoms with van der Waals surface area (Å²) in [5, 5.41) is 6.06. The lowest BCUT2D eigenvalue weighted by molar-refractivity contribution is 0.0946. The molecule has 4 aliphatic carbocycles. The zero-order valence-corrected chi connectivity index (χ0v) is 14.9. The number of carbonyl (C=O) groups excluding carboxylic acids is 1. The van der Waals surface area contributed by atoms with Crippen molar-refractivity contribution >= 4 is 44.6 Å². The summed E-state index contributed by atoms with van der Waals surface area (Å²) in [5.41, 5.74) is 4.05. The Labute approximate surface area is 150 Å². The zero-order valence-electron chi connectivity index (χ0n) is 13.3. The molecule has 6 rings (SSSR count). The van der Waals surface area contributed by atoms with Crippen molar-refractivity contribution in [2.45, 2.75) is 32.1 Å². The van der Waals surface area contributed by atoms with Gasteiger partial charge in [0.25, 0.3) is 5.91 Å². The van der Waals surface area contributed by atoms with E-state index in [0.717, 1.165) is 21.9 Å². The molecule has 1 N–H and O–H groups in total. The van der Waals surface area contributed by atoms with Crippen LogP contribution in [0.15, 0.2) is 29.4 Å². The van der Waals surface area contributed by atoms with Gasteiger partial charge in [0.1, 0.15) is 4.88 Å². The van der Waals surface area contributed by atoms with Gasteiger partial charge in [0, 0.05) is 15.8 Å². The molecule has 0 aliphatic heterocycles. The second kappa shape index (κ2) is 5.57. The van der Waals surface area contributed by atoms with Gasteiger partial charge in [0.15, 0.2) is 0 Å². The van der Waals surface area contributed by atoms with Gasteiger partial charge in [0.2, 0.25) is 0 Å². The summed E-state index contributed by atoms with van der Waals surface area (Å²) >= 11 is 7.83. The molecular formula is C19H19ClN2OS. The van der Waals surface area contributed by atoms with Crippen molar-refractivity contribution in [1.82, 2.24) is 5.43 Å². The molecule has 1 aromatic carbocycles. The second-order valence-electron chi connectivity index (χ2n) is 7.52. The molecule has 0 unspecified atom stereocenters. The average Bonchev–Trinajstić information content (AvgIpc) is 2.91. The van der Waals surface area contributed by atoms with Gasteiger partial charge in [-0.05, 0) is 61.8 Å². The fourth-order valence-electron chi connectivity index (χ4n) is 5.18. The molecular weight excluding hydrogens is 340 g/mol. The Morgan fingerprint density at radius 1 is 1.08 bits per heavy atom. The van der Waals surface area contributed by atoms with Crippen molar-refractivity contribution in [1.29, 1.82) is 0 Å². The van der Waals surface area contributed by atoms with Crippen molar-refractivity contribution in [3.05, 3.63) is 34.2 Å². The van der Waals surface area contributed by atoms with Crippen LogP contribution in [0.2, 0.25) is 5.02 Å². The molecule has 4 bridgehead atoms. The number of benzene rings is 1. The maximum Gasteiger partial charge on any atom is 0.283 e. The predicted octanol–water partition coefficient (Wildman–Crippen LogP) is 5.10. The number of nitrogens with zero attached hydrogens (tertiary/aromatic N) is 1. The van der Waals surface area contributed by atoms with Crippen molar-refractivity contribution < 1.29 is 4.79 Å². The fraction of sp³-hybridized carbons (Fsp3) is 0.474. The number of fused-ring (bicyclic) bond motifs is 1. The maximum absolute atomic E-state index is 12.6. The number of nitrogens with one attached hydrogen (secondary N) is 1. The molecule has 3 nitrogen and oxygen atoms in total. The molecule has 5 heteroatoms. The lowest BCUT2D eigenvalue weighted by atomic mass is 9.55. The largest absolute Gasteiger partial charge is 0.283 e. The first-order valence-electron chi connectivity index (χ1n) is 8.74. The number of hydrogen-bond acceptors (Lipinski definition) is 3. The summed E-state index contributed by atoms with van der Waals surface area (Å²) in [7, 11) is 0. The third kappa shape index (κ3) is 2.31. The Morgan fingerprint density at radius 2 is 1.75 bits per heavy atom. The van der Waals surface area contributed by atoms with E-state index in [1.165, 1.54) is 49.2 Å². The van der Waals surface area contributed by atoms with Gasteiger partial charge >= 0.3 is 0 Å². The van der Waals surface area contributed by atoms with E-state index in [9.17, 15) is 4.79 Å². The minimum atomic E-state index is -0.178. The lowest BCUT2D eigenvalue weighted by Gasteiger charge is -2.50. The highest BCUT2D eigenvalue weighted by Crippen LogP contribution is 2.52. The standard InChI is InChI=1S/C19H19ClN2OS/c20-16-14-3-1-2-4-15(14)24-18(16)19(23)22-21-17-12-6-10-5-11(8-12)9-13(17)7-10/h1-4,10-13H,5-9H2,(H,22,23). The van der Waals surface area contributed by atoms with Crippen LogP contribution in [-0.2, 0) is 0 Å². The van der Waals surface area contributed by atoms with Gasteiger partial charge in [-0.2, -0.15) is 5.10 Å². The Hall–Kier alpha value is -1.39. The zero-order chi connectivity index (χ0) is 16.3. The highest BCUT2D eigenvalue weighted by atomic mass is 35.5. The molecule has 0 atom stereocenters. The first kappa shape index (κ1) is 14.9. The highest BCUT2D eigenvalue weighted by Gasteiger charge is 2.46. The van der Waals surface area contributed by atoms with Crippen LogP contribution in [0.3, 0.4) is 0 Å². The number of carbonyl (C=O) groups is 1. The normalized spacial score (nSPS) is 30.8. The third-order valence-corrected chi connectivity index (χ3v) is 7.68. The molecule has 1 heterocycles. The van der Waals surface area contributed by atoms with Crippen LogP contribution in [0, 0.1) is 23.7 Å². The van der Waals surface area contributed by atoms with Gasteiger partial charge in [-0.3, -0.25) is 4.79 Å². The fourth-order valence-corrected chi connectivity index (χ4v) is 6.58. The van der Waals surface area contributed by atoms with Crippen LogP contribution in [0.5, 0.6) is 0 Å². The smallest absolute Gasteiger partial charge is 0.266 e. The lowest BCUT2D eigenvalue weighted by Crippen LogP contribution is -2.46. The van der Waals surface area contributed by atoms with Crippen molar-refractivity contribution in [2.24, 2.45) is 28.8 Å². The first-order valence-corrected chi connectivity index (χ1v) is 9.93. The van der Waals surface area contributed by atoms with Crippen molar-refractivity contribution in [3.63, 3.8) is 0 Å². The number of amides is 1. The molecule has 0 radical (unpaired) electrons. The molecule has 0 spiro atoms. The molecule has 124 valence electrons. The Bertz CT molecular complexity index is 826. The van der Waals surface area contributed by atoms with Crippen molar-refractivity contribution in [2.75, 3.05) is 0 Å². The second-order valence-corrected chi connectivity index (χ2v) is 8.95. The first-order chi connectivity index (χ1) is 11.7. The summed E-state index contributed by atoms with van der Waals surface area (Å²) in [4.78, 5) is 13.1. The maximum atomic E-state index is 12.6. The topological polar surface area (TPSA) is 41.5 Å². The predicted molar refractivity (Wildman–Crippen MR) is 98.8 cm³/mol. The number of hydrazone groups is 1. The van der Waals surface area contributed by atoms with E-state index in [0.29, 0.717) is 21.7 Å². The molecule has 1 amide bonds. The van der Waals surface area contributed by atoms with Gasteiger partial charge in [-0.15, -0.1) is 11.3 Å². The Morgan fingerprint density at radius 3 is 2.42 bits per heavy atom. The van der Waals surface area contributed by atoms with Gasteiger partial charge in [-0.25, -0.2) is 5.43 Å². The van der Waals surface area contributed by atoms with Crippen LogP contribution >= 0.6 is 22.9 Å². The molecule has 24 heavy (non-hydrogen) atoms. The van der Waals surface area contributed by atoms with E-state index in [4.69, 9.17) is 11.6 Å². The Balaban J connectivity index is 1.39. The molecule has 4 fully saturated rings. The Kier molecular flexibility index (Phi) is 3.46. The number of rotatable bonds is 2. The van der Waals surface area contributed by atoms with Crippen LogP contribution in [0.4, 0.5) is 0 Å². The minimum Gasteiger partial charge on any atom is -0.266 e. The van der Waals surface area contributed by atoms with Crippen LogP contribution < -0.4 is 5.43 Å². The summed E-state index contributed by atoms with van der Waals surface area (Å²) in [6.07, 6.45) is 6.50. The van der Waals surface area contributed by atoms with E-state index in [1.54, 1.807) is 0 Å². The summed E-state index contributed by atoms with van der Waals surface area (Å²) in [6.45, 7) is 0. The molecule has 4 saturated carbocycles. The molecule has 2 aromatic rings.